The normalized spacial score (nSPS) is 11.9. The van der Waals surface area contributed by atoms with Crippen LogP contribution in [0.4, 0.5) is 13.2 Å². The van der Waals surface area contributed by atoms with Gasteiger partial charge < -0.3 is 10.6 Å². The first-order chi connectivity index (χ1) is 6.31. The van der Waals surface area contributed by atoms with Crippen molar-refractivity contribution in [1.29, 1.82) is 0 Å². The van der Waals surface area contributed by atoms with Gasteiger partial charge in [0.25, 0.3) is 0 Å². The molecule has 0 heterocycles. The van der Waals surface area contributed by atoms with Crippen LogP contribution in [0.25, 0.3) is 0 Å². The van der Waals surface area contributed by atoms with Crippen LogP contribution in [0.3, 0.4) is 0 Å². The average molecular weight is 212 g/mol. The molecule has 0 spiro atoms. The Balaban J connectivity index is 3.46. The molecular weight excluding hydrogens is 197 g/mol. The van der Waals surface area contributed by atoms with Crippen molar-refractivity contribution >= 4 is 5.91 Å². The second kappa shape index (κ2) is 5.85. The van der Waals surface area contributed by atoms with E-state index in [9.17, 15) is 18.0 Å². The molecule has 6 heteroatoms. The monoisotopic (exact) mass is 212 g/mol. The van der Waals surface area contributed by atoms with Gasteiger partial charge in [-0.05, 0) is 0 Å². The molecule has 2 N–H and O–H groups in total. The van der Waals surface area contributed by atoms with Crippen molar-refractivity contribution in [3.8, 4) is 0 Å². The number of hydrogen-bond donors (Lipinski definition) is 2. The Kier molecular flexibility index (Phi) is 5.52. The summed E-state index contributed by atoms with van der Waals surface area (Å²) in [5.41, 5.74) is 0. The highest BCUT2D eigenvalue weighted by Gasteiger charge is 2.26. The number of carbonyl (C=O) groups excluding carboxylic acids is 1. The van der Waals surface area contributed by atoms with Gasteiger partial charge in [-0.1, -0.05) is 13.8 Å². The van der Waals surface area contributed by atoms with Gasteiger partial charge in [-0.15, -0.1) is 0 Å². The molecule has 0 aliphatic heterocycles. The average Bonchev–Trinajstić information content (AvgIpc) is 1.98. The number of halogens is 3. The Hall–Kier alpha value is -0.780. The maximum absolute atomic E-state index is 11.7. The van der Waals surface area contributed by atoms with E-state index >= 15 is 0 Å². The van der Waals surface area contributed by atoms with Gasteiger partial charge in [-0.25, -0.2) is 0 Å². The number of rotatable bonds is 5. The van der Waals surface area contributed by atoms with Crippen LogP contribution in [0, 0.1) is 0 Å². The predicted octanol–water partition coefficient (Wildman–Crippen LogP) is 1.05. The molecule has 0 aromatic carbocycles. The molecule has 0 aliphatic rings. The molecule has 0 saturated heterocycles. The molecule has 0 radical (unpaired) electrons. The number of alkyl halides is 3. The number of amides is 1. The molecule has 0 bridgehead atoms. The van der Waals surface area contributed by atoms with Gasteiger partial charge in [0, 0.05) is 12.6 Å². The lowest BCUT2D eigenvalue weighted by atomic mass is 10.4. The van der Waals surface area contributed by atoms with Gasteiger partial charge in [0.15, 0.2) is 0 Å². The van der Waals surface area contributed by atoms with Crippen LogP contribution >= 0.6 is 0 Å². The van der Waals surface area contributed by atoms with Crippen LogP contribution in [0.5, 0.6) is 0 Å². The summed E-state index contributed by atoms with van der Waals surface area (Å²) in [6.07, 6.45) is -5.20. The Morgan fingerprint density at radius 1 is 1.36 bits per heavy atom. The molecule has 0 saturated carbocycles. The fourth-order valence-corrected chi connectivity index (χ4v) is 0.703. The van der Waals surface area contributed by atoms with Gasteiger partial charge in [-0.2, -0.15) is 13.2 Å². The van der Waals surface area contributed by atoms with Crippen LogP contribution in [0.2, 0.25) is 0 Å². The lowest BCUT2D eigenvalue weighted by Gasteiger charge is -2.09. The topological polar surface area (TPSA) is 41.1 Å². The molecule has 84 valence electrons. The Morgan fingerprint density at radius 3 is 2.36 bits per heavy atom. The predicted molar refractivity (Wildman–Crippen MR) is 46.8 cm³/mol. The second-order valence-corrected chi connectivity index (χ2v) is 3.25. The summed E-state index contributed by atoms with van der Waals surface area (Å²) in [5, 5.41) is 4.97. The van der Waals surface area contributed by atoms with E-state index in [-0.39, 0.29) is 19.1 Å². The van der Waals surface area contributed by atoms with Crippen LogP contribution in [0.15, 0.2) is 0 Å². The molecule has 0 aromatic heterocycles. The summed E-state index contributed by atoms with van der Waals surface area (Å²) in [6.45, 7) is 3.39. The van der Waals surface area contributed by atoms with Crippen LogP contribution in [0.1, 0.15) is 20.3 Å². The first kappa shape index (κ1) is 13.2. The molecule has 0 aromatic rings. The van der Waals surface area contributed by atoms with Crippen molar-refractivity contribution in [2.45, 2.75) is 32.5 Å². The van der Waals surface area contributed by atoms with E-state index in [0.717, 1.165) is 0 Å². The van der Waals surface area contributed by atoms with Crippen molar-refractivity contribution in [1.82, 2.24) is 10.6 Å². The van der Waals surface area contributed by atoms with Crippen molar-refractivity contribution < 1.29 is 18.0 Å². The van der Waals surface area contributed by atoms with Crippen molar-refractivity contribution in [3.63, 3.8) is 0 Å². The summed E-state index contributed by atoms with van der Waals surface area (Å²) in [6, 6.07) is 0.142. The zero-order valence-electron chi connectivity index (χ0n) is 8.24. The maximum Gasteiger partial charge on any atom is 0.390 e. The quantitative estimate of drug-likeness (QED) is 0.715. The highest BCUT2D eigenvalue weighted by molar-refractivity contribution is 5.77. The maximum atomic E-state index is 11.7. The van der Waals surface area contributed by atoms with Crippen LogP contribution < -0.4 is 10.6 Å². The minimum atomic E-state index is -4.21. The summed E-state index contributed by atoms with van der Waals surface area (Å²) in [7, 11) is 0. The van der Waals surface area contributed by atoms with Crippen molar-refractivity contribution in [2.24, 2.45) is 0 Å². The summed E-state index contributed by atoms with van der Waals surface area (Å²) in [5.74, 6) is -0.414. The summed E-state index contributed by atoms with van der Waals surface area (Å²) < 4.78 is 35.0. The van der Waals surface area contributed by atoms with Gasteiger partial charge in [0.1, 0.15) is 0 Å². The third kappa shape index (κ3) is 9.31. The Labute approximate surface area is 81.1 Å². The lowest BCUT2D eigenvalue weighted by Crippen LogP contribution is -2.38. The Morgan fingerprint density at radius 2 is 1.93 bits per heavy atom. The summed E-state index contributed by atoms with van der Waals surface area (Å²) >= 11 is 0. The minimum absolute atomic E-state index is 0.0511. The van der Waals surface area contributed by atoms with Gasteiger partial charge in [0.05, 0.1) is 13.0 Å². The number of nitrogens with one attached hydrogen (secondary N) is 2. The smallest absolute Gasteiger partial charge is 0.355 e. The highest BCUT2D eigenvalue weighted by atomic mass is 19.4. The highest BCUT2D eigenvalue weighted by Crippen LogP contribution is 2.17. The number of carbonyl (C=O) groups is 1. The third-order valence-corrected chi connectivity index (χ3v) is 1.40. The molecule has 0 rings (SSSR count). The number of hydrogen-bond acceptors (Lipinski definition) is 2. The molecule has 0 fully saturated rings. The third-order valence-electron chi connectivity index (χ3n) is 1.40. The van der Waals surface area contributed by atoms with Gasteiger partial charge >= 0.3 is 6.18 Å². The zero-order valence-corrected chi connectivity index (χ0v) is 8.24. The second-order valence-electron chi connectivity index (χ2n) is 3.25. The molecule has 14 heavy (non-hydrogen) atoms. The van der Waals surface area contributed by atoms with E-state index in [2.05, 4.69) is 10.6 Å². The first-order valence-corrected chi connectivity index (χ1v) is 4.38. The van der Waals surface area contributed by atoms with E-state index in [1.54, 1.807) is 0 Å². The lowest BCUT2D eigenvalue weighted by molar-refractivity contribution is -0.135. The van der Waals surface area contributed by atoms with E-state index in [4.69, 9.17) is 0 Å². The molecule has 1 amide bonds. The van der Waals surface area contributed by atoms with E-state index in [0.29, 0.717) is 0 Å². The van der Waals surface area contributed by atoms with Gasteiger partial charge in [0.2, 0.25) is 5.91 Å². The molecule has 0 atom stereocenters. The standard InChI is InChI=1S/C8H15F3N2O/c1-6(2)13-5-7(14)12-4-3-8(9,10)11/h6,13H,3-5H2,1-2H3,(H,12,14). The Bertz CT molecular complexity index is 180. The van der Waals surface area contributed by atoms with E-state index < -0.39 is 18.5 Å². The fourth-order valence-electron chi connectivity index (χ4n) is 0.703. The molecule has 3 nitrogen and oxygen atoms in total. The first-order valence-electron chi connectivity index (χ1n) is 4.38. The largest absolute Gasteiger partial charge is 0.390 e. The van der Waals surface area contributed by atoms with Crippen molar-refractivity contribution in [3.05, 3.63) is 0 Å². The fraction of sp³-hybridized carbons (Fsp3) is 0.875. The molecular formula is C8H15F3N2O. The van der Waals surface area contributed by atoms with Gasteiger partial charge in [-0.3, -0.25) is 4.79 Å². The van der Waals surface area contributed by atoms with Crippen LogP contribution in [-0.4, -0.2) is 31.2 Å². The van der Waals surface area contributed by atoms with Crippen molar-refractivity contribution in [2.75, 3.05) is 13.1 Å². The SMILES string of the molecule is CC(C)NCC(=O)NCCC(F)(F)F. The van der Waals surface area contributed by atoms with E-state index in [1.165, 1.54) is 0 Å². The minimum Gasteiger partial charge on any atom is -0.355 e. The van der Waals surface area contributed by atoms with E-state index in [1.807, 2.05) is 13.8 Å². The van der Waals surface area contributed by atoms with Crippen LogP contribution in [-0.2, 0) is 4.79 Å². The molecule has 0 aliphatic carbocycles. The zero-order chi connectivity index (χ0) is 11.2. The molecule has 0 unspecified atom stereocenters. The summed E-state index contributed by atoms with van der Waals surface area (Å²) in [4.78, 5) is 10.9.